The smallest absolute Gasteiger partial charge is 0.411 e. The molecule has 1 heterocycles. The van der Waals surface area contributed by atoms with Gasteiger partial charge in [0.25, 0.3) is 0 Å². The first-order valence-corrected chi connectivity index (χ1v) is 10.1. The SMILES string of the molecule is CN=C(NCc1ccc(COCC(F)(F)F)cc1)N1CCC(NC(=O)OC(C)(C)C)C1.I. The van der Waals surface area contributed by atoms with Crippen molar-refractivity contribution >= 4 is 36.0 Å². The van der Waals surface area contributed by atoms with E-state index in [2.05, 4.69) is 25.3 Å². The van der Waals surface area contributed by atoms with E-state index < -0.39 is 24.5 Å². The molecule has 1 unspecified atom stereocenters. The Morgan fingerprint density at radius 2 is 1.81 bits per heavy atom. The molecule has 0 spiro atoms. The molecule has 1 aromatic rings. The van der Waals surface area contributed by atoms with Gasteiger partial charge in [0.2, 0.25) is 0 Å². The summed E-state index contributed by atoms with van der Waals surface area (Å²) in [7, 11) is 1.69. The highest BCUT2D eigenvalue weighted by Crippen LogP contribution is 2.16. The molecule has 32 heavy (non-hydrogen) atoms. The van der Waals surface area contributed by atoms with Gasteiger partial charge in [-0.15, -0.1) is 24.0 Å². The average Bonchev–Trinajstić information content (AvgIpc) is 3.09. The molecule has 1 atom stereocenters. The Morgan fingerprint density at radius 3 is 2.38 bits per heavy atom. The number of halogens is 4. The highest BCUT2D eigenvalue weighted by atomic mass is 127. The second kappa shape index (κ2) is 12.5. The van der Waals surface area contributed by atoms with Crippen molar-refractivity contribution in [2.75, 3.05) is 26.7 Å². The van der Waals surface area contributed by atoms with E-state index >= 15 is 0 Å². The van der Waals surface area contributed by atoms with Gasteiger partial charge in [0.1, 0.15) is 12.2 Å². The summed E-state index contributed by atoms with van der Waals surface area (Å²) in [5.41, 5.74) is 1.09. The van der Waals surface area contributed by atoms with Gasteiger partial charge in [-0.2, -0.15) is 13.2 Å². The van der Waals surface area contributed by atoms with Crippen molar-refractivity contribution in [1.82, 2.24) is 15.5 Å². The number of carbonyl (C=O) groups excluding carboxylic acids is 1. The van der Waals surface area contributed by atoms with Gasteiger partial charge in [0.05, 0.1) is 12.6 Å². The molecule has 182 valence electrons. The summed E-state index contributed by atoms with van der Waals surface area (Å²) in [6.45, 7) is 5.99. The number of carbonyl (C=O) groups is 1. The number of alkyl carbamates (subject to hydrolysis) is 1. The Morgan fingerprint density at radius 1 is 1.19 bits per heavy atom. The van der Waals surface area contributed by atoms with E-state index in [1.165, 1.54) is 0 Å². The molecule has 2 rings (SSSR count). The molecular formula is C21H32F3IN4O3. The number of benzene rings is 1. The van der Waals surface area contributed by atoms with Crippen LogP contribution in [0.25, 0.3) is 0 Å². The van der Waals surface area contributed by atoms with Crippen LogP contribution in [-0.2, 0) is 22.6 Å². The minimum Gasteiger partial charge on any atom is -0.444 e. The molecule has 1 aromatic carbocycles. The number of hydrogen-bond acceptors (Lipinski definition) is 4. The van der Waals surface area contributed by atoms with Crippen LogP contribution in [0.1, 0.15) is 38.3 Å². The van der Waals surface area contributed by atoms with Crippen LogP contribution in [0.2, 0.25) is 0 Å². The van der Waals surface area contributed by atoms with Crippen molar-refractivity contribution in [3.63, 3.8) is 0 Å². The van der Waals surface area contributed by atoms with Gasteiger partial charge in [-0.25, -0.2) is 4.79 Å². The minimum absolute atomic E-state index is 0. The number of nitrogens with zero attached hydrogens (tertiary/aromatic N) is 2. The van der Waals surface area contributed by atoms with E-state index in [0.717, 1.165) is 18.5 Å². The summed E-state index contributed by atoms with van der Waals surface area (Å²) < 4.78 is 46.4. The summed E-state index contributed by atoms with van der Waals surface area (Å²) in [5.74, 6) is 0.714. The molecule has 1 aliphatic rings. The Hall–Kier alpha value is -1.76. The number of hydrogen-bond donors (Lipinski definition) is 2. The second-order valence-corrected chi connectivity index (χ2v) is 8.40. The third kappa shape index (κ3) is 10.7. The van der Waals surface area contributed by atoms with Gasteiger partial charge in [0, 0.05) is 26.7 Å². The summed E-state index contributed by atoms with van der Waals surface area (Å²) in [5, 5.41) is 6.16. The van der Waals surface area contributed by atoms with Crippen molar-refractivity contribution < 1.29 is 27.4 Å². The first-order valence-electron chi connectivity index (χ1n) is 10.1. The number of guanidine groups is 1. The number of likely N-dealkylation sites (tertiary alicyclic amines) is 1. The largest absolute Gasteiger partial charge is 0.444 e. The normalized spacial score (nSPS) is 17.0. The van der Waals surface area contributed by atoms with E-state index in [1.807, 2.05) is 32.9 Å². The number of alkyl halides is 3. The highest BCUT2D eigenvalue weighted by Gasteiger charge is 2.28. The molecule has 0 aliphatic carbocycles. The fourth-order valence-electron chi connectivity index (χ4n) is 3.10. The monoisotopic (exact) mass is 572 g/mol. The van der Waals surface area contributed by atoms with Gasteiger partial charge in [-0.05, 0) is 38.3 Å². The molecule has 11 heteroatoms. The molecule has 0 saturated carbocycles. The van der Waals surface area contributed by atoms with Crippen molar-refractivity contribution in [2.45, 2.75) is 58.2 Å². The summed E-state index contributed by atoms with van der Waals surface area (Å²) >= 11 is 0. The first kappa shape index (κ1) is 28.3. The van der Waals surface area contributed by atoms with E-state index in [-0.39, 0.29) is 36.6 Å². The van der Waals surface area contributed by atoms with Gasteiger partial charge in [-0.1, -0.05) is 24.3 Å². The van der Waals surface area contributed by atoms with Crippen LogP contribution in [0.15, 0.2) is 29.3 Å². The fraction of sp³-hybridized carbons (Fsp3) is 0.619. The van der Waals surface area contributed by atoms with Gasteiger partial charge in [-0.3, -0.25) is 4.99 Å². The van der Waals surface area contributed by atoms with Crippen molar-refractivity contribution in [1.29, 1.82) is 0 Å². The fourth-order valence-corrected chi connectivity index (χ4v) is 3.10. The molecule has 2 N–H and O–H groups in total. The zero-order valence-corrected chi connectivity index (χ0v) is 21.1. The summed E-state index contributed by atoms with van der Waals surface area (Å²) in [4.78, 5) is 18.3. The van der Waals surface area contributed by atoms with Crippen molar-refractivity contribution in [2.24, 2.45) is 4.99 Å². The number of nitrogens with one attached hydrogen (secondary N) is 2. The molecule has 0 bridgehead atoms. The lowest BCUT2D eigenvalue weighted by Gasteiger charge is -2.23. The molecule has 1 aliphatic heterocycles. The maximum Gasteiger partial charge on any atom is 0.411 e. The third-order valence-corrected chi connectivity index (χ3v) is 4.43. The number of aliphatic imine (C=N–C) groups is 1. The molecule has 1 amide bonds. The van der Waals surface area contributed by atoms with Crippen LogP contribution in [0.5, 0.6) is 0 Å². The quantitative estimate of drug-likeness (QED) is 0.306. The predicted molar refractivity (Wildman–Crippen MR) is 127 cm³/mol. The molecule has 0 aromatic heterocycles. The highest BCUT2D eigenvalue weighted by molar-refractivity contribution is 14.0. The maximum absolute atomic E-state index is 12.1. The molecule has 7 nitrogen and oxygen atoms in total. The van der Waals surface area contributed by atoms with Crippen molar-refractivity contribution in [3.8, 4) is 0 Å². The Kier molecular flexibility index (Phi) is 11.0. The number of ether oxygens (including phenoxy) is 2. The van der Waals surface area contributed by atoms with Gasteiger partial charge >= 0.3 is 12.3 Å². The molecule has 0 radical (unpaired) electrons. The van der Waals surface area contributed by atoms with E-state index in [0.29, 0.717) is 24.6 Å². The van der Waals surface area contributed by atoms with Crippen LogP contribution in [0, 0.1) is 0 Å². The Bertz CT molecular complexity index is 752. The topological polar surface area (TPSA) is 75.2 Å². The number of rotatable bonds is 6. The van der Waals surface area contributed by atoms with Crippen LogP contribution in [0.4, 0.5) is 18.0 Å². The molecular weight excluding hydrogens is 540 g/mol. The van der Waals surface area contributed by atoms with Crippen LogP contribution >= 0.6 is 24.0 Å². The predicted octanol–water partition coefficient (Wildman–Crippen LogP) is 4.06. The lowest BCUT2D eigenvalue weighted by Crippen LogP contribution is -2.44. The second-order valence-electron chi connectivity index (χ2n) is 8.40. The van der Waals surface area contributed by atoms with Crippen LogP contribution < -0.4 is 10.6 Å². The minimum atomic E-state index is -4.32. The van der Waals surface area contributed by atoms with E-state index in [1.54, 1.807) is 19.2 Å². The van der Waals surface area contributed by atoms with Crippen molar-refractivity contribution in [3.05, 3.63) is 35.4 Å². The standard InChI is InChI=1S/C21H31F3N4O3.HI/c1-20(2,3)31-19(29)27-17-9-10-28(12-17)18(25-4)26-11-15-5-7-16(8-6-15)13-30-14-21(22,23)24;/h5-8,17H,9-14H2,1-4H3,(H,25,26)(H,27,29);1H. The summed E-state index contributed by atoms with van der Waals surface area (Å²) in [6, 6.07) is 7.14. The van der Waals surface area contributed by atoms with E-state index in [4.69, 9.17) is 4.74 Å². The van der Waals surface area contributed by atoms with Crippen LogP contribution in [-0.4, -0.2) is 61.5 Å². The van der Waals surface area contributed by atoms with Crippen LogP contribution in [0.3, 0.4) is 0 Å². The van der Waals surface area contributed by atoms with Gasteiger partial charge in [0.15, 0.2) is 5.96 Å². The Labute approximate surface area is 204 Å². The maximum atomic E-state index is 12.1. The lowest BCUT2D eigenvalue weighted by molar-refractivity contribution is -0.176. The average molecular weight is 572 g/mol. The van der Waals surface area contributed by atoms with Gasteiger partial charge < -0.3 is 25.0 Å². The molecule has 1 saturated heterocycles. The third-order valence-electron chi connectivity index (χ3n) is 4.43. The van der Waals surface area contributed by atoms with E-state index in [9.17, 15) is 18.0 Å². The zero-order chi connectivity index (χ0) is 23.1. The lowest BCUT2D eigenvalue weighted by atomic mass is 10.1. The first-order chi connectivity index (χ1) is 14.4. The Balaban J connectivity index is 0.00000512. The summed E-state index contributed by atoms with van der Waals surface area (Å²) in [6.07, 6.45) is -3.97. The number of amides is 1. The molecule has 1 fully saturated rings. The zero-order valence-electron chi connectivity index (χ0n) is 18.8.